The second-order valence-electron chi connectivity index (χ2n) is 5.65. The minimum absolute atomic E-state index is 0.267. The van der Waals surface area contributed by atoms with Crippen LogP contribution in [-0.4, -0.2) is 48.5 Å². The van der Waals surface area contributed by atoms with Crippen LogP contribution in [-0.2, 0) is 16.3 Å². The molecule has 2 aromatic rings. The highest BCUT2D eigenvalue weighted by atomic mass is 16.6. The number of hydrogen-bond donors (Lipinski definition) is 0. The summed E-state index contributed by atoms with van der Waals surface area (Å²) in [7, 11) is 5.20. The fourth-order valence-corrected chi connectivity index (χ4v) is 2.17. The van der Waals surface area contributed by atoms with Crippen molar-refractivity contribution in [3.63, 3.8) is 0 Å². The average Bonchev–Trinajstić information content (AvgIpc) is 3.14. The van der Waals surface area contributed by atoms with Crippen molar-refractivity contribution in [3.8, 4) is 0 Å². The van der Waals surface area contributed by atoms with Crippen molar-refractivity contribution < 1.29 is 14.2 Å². The Bertz CT molecular complexity index is 795. The van der Waals surface area contributed by atoms with Crippen LogP contribution in [0.25, 0.3) is 0 Å². The predicted octanol–water partition coefficient (Wildman–Crippen LogP) is 2.90. The Balaban J connectivity index is 2.21. The zero-order valence-electron chi connectivity index (χ0n) is 15.6. The van der Waals surface area contributed by atoms with Crippen LogP contribution in [0.4, 0.5) is 0 Å². The third-order valence-corrected chi connectivity index (χ3v) is 3.43. The summed E-state index contributed by atoms with van der Waals surface area (Å²) in [5, 5.41) is 18.2. The third kappa shape index (κ3) is 5.17. The molecule has 0 aliphatic carbocycles. The van der Waals surface area contributed by atoms with E-state index in [1.807, 2.05) is 52.2 Å². The highest BCUT2D eigenvalue weighted by molar-refractivity contribution is 6.40. The predicted molar refractivity (Wildman–Crippen MR) is 100 cm³/mol. The van der Waals surface area contributed by atoms with Gasteiger partial charge in [0.05, 0.1) is 11.4 Å². The van der Waals surface area contributed by atoms with Crippen LogP contribution in [0.1, 0.15) is 30.7 Å². The summed E-state index contributed by atoms with van der Waals surface area (Å²) < 4.78 is 4.92. The van der Waals surface area contributed by atoms with Crippen molar-refractivity contribution in [1.82, 2.24) is 10.2 Å². The highest BCUT2D eigenvalue weighted by Crippen LogP contribution is 2.16. The Hall–Kier alpha value is -3.16. The minimum Gasteiger partial charge on any atom is -0.399 e. The van der Waals surface area contributed by atoms with Gasteiger partial charge in [-0.15, -0.1) is 0 Å². The van der Waals surface area contributed by atoms with Crippen LogP contribution in [0.15, 0.2) is 56.5 Å². The lowest BCUT2D eigenvalue weighted by Crippen LogP contribution is -2.13. The van der Waals surface area contributed by atoms with E-state index in [-0.39, 0.29) is 6.61 Å². The van der Waals surface area contributed by atoms with Crippen LogP contribution in [0.2, 0.25) is 0 Å². The number of aromatic nitrogens is 1. The third-order valence-electron chi connectivity index (χ3n) is 3.43. The van der Waals surface area contributed by atoms with E-state index < -0.39 is 0 Å². The van der Waals surface area contributed by atoms with Gasteiger partial charge < -0.3 is 19.2 Å². The van der Waals surface area contributed by atoms with Gasteiger partial charge in [0.1, 0.15) is 31.4 Å². The first-order valence-electron chi connectivity index (χ1n) is 8.02. The van der Waals surface area contributed by atoms with Gasteiger partial charge in [-0.2, -0.15) is 5.10 Å². The van der Waals surface area contributed by atoms with Crippen molar-refractivity contribution in [2.24, 2.45) is 15.4 Å². The summed E-state index contributed by atoms with van der Waals surface area (Å²) in [6, 6.07) is 9.41. The molecule has 1 aromatic heterocycles. The molecule has 1 heterocycles. The average molecular weight is 357 g/mol. The largest absolute Gasteiger partial charge is 0.399 e. The fourth-order valence-electron chi connectivity index (χ4n) is 2.17. The molecule has 0 atom stereocenters. The molecular weight excluding hydrogens is 334 g/mol. The van der Waals surface area contributed by atoms with Crippen molar-refractivity contribution in [1.29, 1.82) is 0 Å². The first-order chi connectivity index (χ1) is 12.5. The molecule has 0 aliphatic rings. The number of rotatable bonds is 8. The van der Waals surface area contributed by atoms with Gasteiger partial charge in [-0.3, -0.25) is 0 Å². The standard InChI is InChI=1S/C18H23N5O3/c1-13(19-23(3)4)14(2)20-26-12-15-8-6-7-9-16(15)18(22-24-5)17-10-11-25-21-17/h6-11H,12H2,1-5H3/b19-13+,20-14+,22-18+. The van der Waals surface area contributed by atoms with E-state index in [1.54, 1.807) is 11.1 Å². The number of nitrogens with zero attached hydrogens (tertiary/aromatic N) is 5. The van der Waals surface area contributed by atoms with Crippen molar-refractivity contribution in [2.75, 3.05) is 21.2 Å². The van der Waals surface area contributed by atoms with E-state index in [0.29, 0.717) is 17.1 Å². The smallest absolute Gasteiger partial charge is 0.143 e. The normalized spacial score (nSPS) is 12.9. The molecule has 0 N–H and O–H groups in total. The Morgan fingerprint density at radius 1 is 1.12 bits per heavy atom. The van der Waals surface area contributed by atoms with Gasteiger partial charge in [0.2, 0.25) is 0 Å². The molecule has 0 saturated heterocycles. The summed E-state index contributed by atoms with van der Waals surface area (Å²) >= 11 is 0. The van der Waals surface area contributed by atoms with E-state index in [2.05, 4.69) is 20.6 Å². The molecule has 8 nitrogen and oxygen atoms in total. The summed E-state index contributed by atoms with van der Waals surface area (Å²) in [5.41, 5.74) is 4.35. The number of oxime groups is 2. The van der Waals surface area contributed by atoms with Crippen LogP contribution in [0, 0.1) is 0 Å². The van der Waals surface area contributed by atoms with Crippen LogP contribution in [0.3, 0.4) is 0 Å². The van der Waals surface area contributed by atoms with E-state index in [1.165, 1.54) is 13.4 Å². The molecule has 2 rings (SSSR count). The molecule has 0 bridgehead atoms. The van der Waals surface area contributed by atoms with Crippen molar-refractivity contribution in [3.05, 3.63) is 53.4 Å². The number of benzene rings is 1. The van der Waals surface area contributed by atoms with Gasteiger partial charge in [0.25, 0.3) is 0 Å². The Labute approximate surface area is 152 Å². The maximum absolute atomic E-state index is 5.52. The first-order valence-corrected chi connectivity index (χ1v) is 8.02. The van der Waals surface area contributed by atoms with Crippen LogP contribution < -0.4 is 0 Å². The van der Waals surface area contributed by atoms with E-state index in [9.17, 15) is 0 Å². The summed E-state index contributed by atoms with van der Waals surface area (Å²) in [6.45, 7) is 3.99. The van der Waals surface area contributed by atoms with Gasteiger partial charge in [-0.1, -0.05) is 39.7 Å². The molecule has 0 saturated carbocycles. The SMILES string of the molecule is CO/N=C(/c1ccon1)c1ccccc1CO/N=C(C)/C(C)=N/N(C)C. The molecule has 0 radical (unpaired) electrons. The van der Waals surface area contributed by atoms with E-state index in [4.69, 9.17) is 14.2 Å². The zero-order chi connectivity index (χ0) is 18.9. The van der Waals surface area contributed by atoms with Gasteiger partial charge >= 0.3 is 0 Å². The topological polar surface area (TPSA) is 84.8 Å². The Morgan fingerprint density at radius 2 is 1.88 bits per heavy atom. The number of hydrazone groups is 1. The van der Waals surface area contributed by atoms with Crippen LogP contribution in [0.5, 0.6) is 0 Å². The summed E-state index contributed by atoms with van der Waals surface area (Å²) in [4.78, 5) is 10.5. The second-order valence-corrected chi connectivity index (χ2v) is 5.65. The molecule has 8 heteroatoms. The molecule has 138 valence electrons. The molecule has 1 aromatic carbocycles. The Kier molecular flexibility index (Phi) is 6.90. The summed E-state index contributed by atoms with van der Waals surface area (Å²) in [5.74, 6) is 0. The Morgan fingerprint density at radius 3 is 2.54 bits per heavy atom. The molecule has 0 fully saturated rings. The minimum atomic E-state index is 0.267. The van der Waals surface area contributed by atoms with Crippen molar-refractivity contribution >= 4 is 17.1 Å². The van der Waals surface area contributed by atoms with Gasteiger partial charge in [-0.05, 0) is 13.8 Å². The monoisotopic (exact) mass is 357 g/mol. The summed E-state index contributed by atoms with van der Waals surface area (Å²) in [6.07, 6.45) is 1.49. The van der Waals surface area contributed by atoms with E-state index in [0.717, 1.165) is 16.8 Å². The van der Waals surface area contributed by atoms with Crippen molar-refractivity contribution in [2.45, 2.75) is 20.5 Å². The lowest BCUT2D eigenvalue weighted by molar-refractivity contribution is 0.131. The van der Waals surface area contributed by atoms with Gasteiger partial charge in [0.15, 0.2) is 0 Å². The molecule has 0 spiro atoms. The second kappa shape index (κ2) is 9.36. The number of hydrogen-bond acceptors (Lipinski definition) is 8. The van der Waals surface area contributed by atoms with Gasteiger partial charge in [-0.25, -0.2) is 0 Å². The lowest BCUT2D eigenvalue weighted by Gasteiger charge is -2.10. The molecular formula is C18H23N5O3. The van der Waals surface area contributed by atoms with Crippen LogP contribution >= 0.6 is 0 Å². The van der Waals surface area contributed by atoms with E-state index >= 15 is 0 Å². The zero-order valence-corrected chi connectivity index (χ0v) is 15.6. The molecule has 0 unspecified atom stereocenters. The maximum atomic E-state index is 5.52. The quantitative estimate of drug-likeness (QED) is 0.536. The molecule has 26 heavy (non-hydrogen) atoms. The fraction of sp³-hybridized carbons (Fsp3) is 0.333. The maximum Gasteiger partial charge on any atom is 0.143 e. The lowest BCUT2D eigenvalue weighted by atomic mass is 10.0. The first kappa shape index (κ1) is 19.2. The molecule has 0 aliphatic heterocycles. The van der Waals surface area contributed by atoms with Gasteiger partial charge in [0, 0.05) is 31.3 Å². The highest BCUT2D eigenvalue weighted by Gasteiger charge is 2.15. The molecule has 0 amide bonds.